The summed E-state index contributed by atoms with van der Waals surface area (Å²) in [6.45, 7) is 1.95. The van der Waals surface area contributed by atoms with Crippen LogP contribution in [0.4, 0.5) is 18.9 Å². The van der Waals surface area contributed by atoms with Crippen molar-refractivity contribution in [2.75, 3.05) is 11.9 Å². The number of rotatable bonds is 5. The Bertz CT molecular complexity index is 459. The Hall–Kier alpha value is -1.24. The standard InChI is InChI=1S/C10H13ClF3N3O/c1-2-5-17-9(18)8(11)7(6-16-17)15-4-3-10(12,13)14/h6,15H,2-5H2,1H3. The number of nitrogens with one attached hydrogen (secondary N) is 1. The summed E-state index contributed by atoms with van der Waals surface area (Å²) >= 11 is 5.77. The van der Waals surface area contributed by atoms with Crippen LogP contribution >= 0.6 is 11.6 Å². The Balaban J connectivity index is 2.74. The maximum atomic E-state index is 11.9. The van der Waals surface area contributed by atoms with Crippen LogP contribution in [0.3, 0.4) is 0 Å². The number of nitrogens with zero attached hydrogens (tertiary/aromatic N) is 2. The molecule has 0 spiro atoms. The van der Waals surface area contributed by atoms with Crippen LogP contribution in [0.2, 0.25) is 5.02 Å². The minimum atomic E-state index is -4.25. The minimum absolute atomic E-state index is 0.123. The molecule has 0 amide bonds. The summed E-state index contributed by atoms with van der Waals surface area (Å²) in [6, 6.07) is 0. The molecule has 8 heteroatoms. The second kappa shape index (κ2) is 6.08. The fraction of sp³-hybridized carbons (Fsp3) is 0.600. The van der Waals surface area contributed by atoms with E-state index in [1.165, 1.54) is 10.9 Å². The molecule has 0 saturated carbocycles. The summed E-state index contributed by atoms with van der Waals surface area (Å²) < 4.78 is 37.0. The van der Waals surface area contributed by atoms with Gasteiger partial charge in [-0.25, -0.2) is 4.68 Å². The van der Waals surface area contributed by atoms with Crippen molar-refractivity contribution in [3.05, 3.63) is 21.6 Å². The fourth-order valence-electron chi connectivity index (χ4n) is 1.30. The van der Waals surface area contributed by atoms with Crippen molar-refractivity contribution in [1.82, 2.24) is 9.78 Å². The Morgan fingerprint density at radius 1 is 1.50 bits per heavy atom. The van der Waals surface area contributed by atoms with Gasteiger partial charge in [0.25, 0.3) is 5.56 Å². The van der Waals surface area contributed by atoms with Crippen molar-refractivity contribution in [3.8, 4) is 0 Å². The number of aryl methyl sites for hydroxylation is 1. The number of aromatic nitrogens is 2. The molecule has 1 N–H and O–H groups in total. The van der Waals surface area contributed by atoms with Gasteiger partial charge in [-0.05, 0) is 6.42 Å². The molecule has 0 aliphatic carbocycles. The second-order valence-corrected chi connectivity index (χ2v) is 4.07. The van der Waals surface area contributed by atoms with Gasteiger partial charge in [-0.2, -0.15) is 18.3 Å². The number of alkyl halides is 3. The summed E-state index contributed by atoms with van der Waals surface area (Å²) in [7, 11) is 0. The molecule has 1 rings (SSSR count). The van der Waals surface area contributed by atoms with E-state index in [4.69, 9.17) is 11.6 Å². The van der Waals surface area contributed by atoms with Gasteiger partial charge in [-0.15, -0.1) is 0 Å². The van der Waals surface area contributed by atoms with E-state index in [1.807, 2.05) is 6.92 Å². The molecule has 102 valence electrons. The van der Waals surface area contributed by atoms with Crippen LogP contribution in [0.5, 0.6) is 0 Å². The zero-order valence-electron chi connectivity index (χ0n) is 9.72. The second-order valence-electron chi connectivity index (χ2n) is 3.69. The SMILES string of the molecule is CCCn1ncc(NCCC(F)(F)F)c(Cl)c1=O. The fourth-order valence-corrected chi connectivity index (χ4v) is 1.51. The van der Waals surface area contributed by atoms with E-state index in [0.29, 0.717) is 13.0 Å². The van der Waals surface area contributed by atoms with Gasteiger partial charge in [0.1, 0.15) is 5.02 Å². The van der Waals surface area contributed by atoms with Gasteiger partial charge in [0.15, 0.2) is 0 Å². The van der Waals surface area contributed by atoms with Crippen LogP contribution in [0.1, 0.15) is 19.8 Å². The average molecular weight is 284 g/mol. The van der Waals surface area contributed by atoms with Crippen molar-refractivity contribution in [1.29, 1.82) is 0 Å². The highest BCUT2D eigenvalue weighted by Gasteiger charge is 2.26. The minimum Gasteiger partial charge on any atom is -0.382 e. The van der Waals surface area contributed by atoms with Gasteiger partial charge in [0.05, 0.1) is 18.3 Å². The van der Waals surface area contributed by atoms with Gasteiger partial charge in [-0.3, -0.25) is 4.79 Å². The third kappa shape index (κ3) is 4.21. The summed E-state index contributed by atoms with van der Waals surface area (Å²) in [5.41, 5.74) is -0.381. The molecule has 1 aromatic heterocycles. The van der Waals surface area contributed by atoms with Gasteiger partial charge in [0.2, 0.25) is 0 Å². The van der Waals surface area contributed by atoms with E-state index in [-0.39, 0.29) is 17.3 Å². The van der Waals surface area contributed by atoms with Crippen LogP contribution in [0.15, 0.2) is 11.0 Å². The molecule has 1 aromatic rings. The van der Waals surface area contributed by atoms with E-state index in [0.717, 1.165) is 0 Å². The maximum Gasteiger partial charge on any atom is 0.390 e. The largest absolute Gasteiger partial charge is 0.390 e. The van der Waals surface area contributed by atoms with Crippen LogP contribution in [-0.4, -0.2) is 22.5 Å². The van der Waals surface area contributed by atoms with Gasteiger partial charge in [-0.1, -0.05) is 18.5 Å². The highest BCUT2D eigenvalue weighted by molar-refractivity contribution is 6.32. The molecule has 0 aromatic carbocycles. The molecule has 18 heavy (non-hydrogen) atoms. The molecule has 0 bridgehead atoms. The average Bonchev–Trinajstić information content (AvgIpc) is 2.27. The first kappa shape index (κ1) is 14.8. The lowest BCUT2D eigenvalue weighted by atomic mass is 10.4. The first-order valence-corrected chi connectivity index (χ1v) is 5.79. The molecule has 0 unspecified atom stereocenters. The molecule has 0 atom stereocenters. The topological polar surface area (TPSA) is 46.9 Å². The van der Waals surface area contributed by atoms with Crippen molar-refractivity contribution in [3.63, 3.8) is 0 Å². The normalized spacial score (nSPS) is 11.6. The van der Waals surface area contributed by atoms with Crippen LogP contribution in [0.25, 0.3) is 0 Å². The molecular weight excluding hydrogens is 271 g/mol. The lowest BCUT2D eigenvalue weighted by Crippen LogP contribution is -2.24. The monoisotopic (exact) mass is 283 g/mol. The van der Waals surface area contributed by atoms with Crippen molar-refractivity contribution >= 4 is 17.3 Å². The van der Waals surface area contributed by atoms with Crippen LogP contribution in [0, 0.1) is 0 Å². The summed E-state index contributed by atoms with van der Waals surface area (Å²) in [4.78, 5) is 11.6. The Labute approximate surface area is 107 Å². The summed E-state index contributed by atoms with van der Waals surface area (Å²) in [5.74, 6) is 0. The van der Waals surface area contributed by atoms with E-state index >= 15 is 0 Å². The highest BCUT2D eigenvalue weighted by atomic mass is 35.5. The number of halogens is 4. The van der Waals surface area contributed by atoms with Crippen molar-refractivity contribution in [2.45, 2.75) is 32.5 Å². The van der Waals surface area contributed by atoms with Crippen LogP contribution in [-0.2, 0) is 6.54 Å². The predicted octanol–water partition coefficient (Wildman–Crippen LogP) is 2.67. The molecule has 0 aliphatic heterocycles. The number of hydrogen-bond donors (Lipinski definition) is 1. The van der Waals surface area contributed by atoms with Gasteiger partial charge < -0.3 is 5.32 Å². The maximum absolute atomic E-state index is 11.9. The van der Waals surface area contributed by atoms with Crippen molar-refractivity contribution in [2.24, 2.45) is 0 Å². The lowest BCUT2D eigenvalue weighted by molar-refractivity contribution is -0.131. The van der Waals surface area contributed by atoms with Crippen molar-refractivity contribution < 1.29 is 13.2 Å². The Morgan fingerprint density at radius 3 is 2.72 bits per heavy atom. The number of anilines is 1. The zero-order chi connectivity index (χ0) is 13.8. The third-order valence-corrected chi connectivity index (χ3v) is 2.51. The molecule has 0 saturated heterocycles. The molecule has 0 fully saturated rings. The smallest absolute Gasteiger partial charge is 0.382 e. The lowest BCUT2D eigenvalue weighted by Gasteiger charge is -2.11. The first-order chi connectivity index (χ1) is 8.35. The highest BCUT2D eigenvalue weighted by Crippen LogP contribution is 2.21. The zero-order valence-corrected chi connectivity index (χ0v) is 10.5. The van der Waals surface area contributed by atoms with E-state index < -0.39 is 18.2 Å². The molecule has 1 heterocycles. The van der Waals surface area contributed by atoms with Gasteiger partial charge in [0, 0.05) is 13.1 Å². The van der Waals surface area contributed by atoms with Crippen LogP contribution < -0.4 is 10.9 Å². The first-order valence-electron chi connectivity index (χ1n) is 5.41. The summed E-state index contributed by atoms with van der Waals surface area (Å²) in [6.07, 6.45) is -3.27. The molecule has 4 nitrogen and oxygen atoms in total. The molecule has 0 aliphatic rings. The Kier molecular flexibility index (Phi) is 5.01. The number of hydrogen-bond acceptors (Lipinski definition) is 3. The quantitative estimate of drug-likeness (QED) is 0.904. The van der Waals surface area contributed by atoms with E-state index in [2.05, 4.69) is 10.4 Å². The van der Waals surface area contributed by atoms with Gasteiger partial charge >= 0.3 is 6.18 Å². The van der Waals surface area contributed by atoms with E-state index in [1.54, 1.807) is 0 Å². The molecule has 0 radical (unpaired) electrons. The van der Waals surface area contributed by atoms with E-state index in [9.17, 15) is 18.0 Å². The predicted molar refractivity (Wildman–Crippen MR) is 63.0 cm³/mol. The third-order valence-electron chi connectivity index (χ3n) is 2.14. The Morgan fingerprint density at radius 2 is 2.17 bits per heavy atom. The molecular formula is C10H13ClF3N3O. The summed E-state index contributed by atoms with van der Waals surface area (Å²) in [5, 5.41) is 6.13.